The van der Waals surface area contributed by atoms with Crippen LogP contribution in [-0.4, -0.2) is 30.0 Å². The Morgan fingerprint density at radius 3 is 2.63 bits per heavy atom. The van der Waals surface area contributed by atoms with Gasteiger partial charge in [0.05, 0.1) is 16.8 Å². The standard InChI is InChI=1S/C22H23N5O3/c1-13(20-17(7-8-19(28)26-20)27-10-4-9-24-27)30-18-12-14-11-15(22(2,3)29)5-6-16(14)25-21(18)23/h4-13,29H,1-3H3,(H2,23,25)(H,26,28)/t13-/m0/s1. The second-order valence-corrected chi connectivity index (χ2v) is 7.62. The molecular formula is C22H23N5O3. The lowest BCUT2D eigenvalue weighted by atomic mass is 9.97. The Kier molecular flexibility index (Phi) is 4.79. The zero-order valence-corrected chi connectivity index (χ0v) is 16.9. The van der Waals surface area contributed by atoms with E-state index in [1.165, 1.54) is 6.07 Å². The molecular weight excluding hydrogens is 382 g/mol. The Morgan fingerprint density at radius 1 is 1.13 bits per heavy atom. The minimum Gasteiger partial charge on any atom is -0.493 e. The maximum atomic E-state index is 10.3. The number of ether oxygens (including phenoxy) is 1. The van der Waals surface area contributed by atoms with Gasteiger partial charge in [0.25, 0.3) is 0 Å². The van der Waals surface area contributed by atoms with Crippen molar-refractivity contribution in [1.29, 1.82) is 0 Å². The maximum Gasteiger partial charge on any atom is 0.211 e. The number of nitrogens with two attached hydrogens (primary N) is 1. The van der Waals surface area contributed by atoms with Gasteiger partial charge >= 0.3 is 0 Å². The third-order valence-corrected chi connectivity index (χ3v) is 4.84. The van der Waals surface area contributed by atoms with Gasteiger partial charge in [-0.25, -0.2) is 14.6 Å². The van der Waals surface area contributed by atoms with E-state index in [-0.39, 0.29) is 11.7 Å². The average molecular weight is 405 g/mol. The van der Waals surface area contributed by atoms with Crippen molar-refractivity contribution in [3.63, 3.8) is 0 Å². The van der Waals surface area contributed by atoms with Crippen LogP contribution in [0, 0.1) is 0 Å². The van der Waals surface area contributed by atoms with E-state index in [1.807, 2.05) is 25.1 Å². The van der Waals surface area contributed by atoms with E-state index in [1.54, 1.807) is 49.1 Å². The second-order valence-electron chi connectivity index (χ2n) is 7.62. The van der Waals surface area contributed by atoms with Crippen molar-refractivity contribution in [3.05, 3.63) is 66.1 Å². The summed E-state index contributed by atoms with van der Waals surface area (Å²) in [4.78, 5) is 8.66. The molecule has 4 aromatic rings. The summed E-state index contributed by atoms with van der Waals surface area (Å²) >= 11 is 0. The number of hydrogen-bond acceptors (Lipinski definition) is 7. The molecule has 3 aromatic heterocycles. The number of fused-ring (bicyclic) bond motifs is 1. The Morgan fingerprint density at radius 2 is 1.93 bits per heavy atom. The number of benzene rings is 1. The van der Waals surface area contributed by atoms with Crippen LogP contribution < -0.4 is 10.5 Å². The molecule has 0 unspecified atom stereocenters. The summed E-state index contributed by atoms with van der Waals surface area (Å²) in [7, 11) is 0. The van der Waals surface area contributed by atoms with Crippen LogP contribution in [0.3, 0.4) is 0 Å². The first kappa shape index (κ1) is 19.7. The van der Waals surface area contributed by atoms with E-state index in [2.05, 4.69) is 15.1 Å². The maximum absolute atomic E-state index is 10.3. The first-order chi connectivity index (χ1) is 14.2. The van der Waals surface area contributed by atoms with E-state index in [0.29, 0.717) is 22.6 Å². The summed E-state index contributed by atoms with van der Waals surface area (Å²) in [6, 6.07) is 12.3. The van der Waals surface area contributed by atoms with Crippen LogP contribution >= 0.6 is 0 Å². The fraction of sp³-hybridized carbons (Fsp3) is 0.227. The van der Waals surface area contributed by atoms with Gasteiger partial charge in [0, 0.05) is 23.8 Å². The van der Waals surface area contributed by atoms with Crippen LogP contribution in [0.15, 0.2) is 54.9 Å². The fourth-order valence-electron chi connectivity index (χ4n) is 3.25. The number of aliphatic hydroxyl groups is 1. The SMILES string of the molecule is C[C@H](Oc1cc2cc(C(C)(C)O)ccc2nc1N)c1nc(O)ccc1-n1cccn1. The summed E-state index contributed by atoms with van der Waals surface area (Å²) in [6.45, 7) is 5.26. The number of nitrogens with zero attached hydrogens (tertiary/aromatic N) is 4. The molecule has 4 N–H and O–H groups in total. The lowest BCUT2D eigenvalue weighted by Crippen LogP contribution is -2.15. The summed E-state index contributed by atoms with van der Waals surface area (Å²) in [5, 5.41) is 25.2. The molecule has 0 bridgehead atoms. The minimum atomic E-state index is -0.978. The molecule has 8 heteroatoms. The topological polar surface area (TPSA) is 119 Å². The Hall–Kier alpha value is -3.65. The third-order valence-electron chi connectivity index (χ3n) is 4.84. The number of hydrogen-bond donors (Lipinski definition) is 3. The van der Waals surface area contributed by atoms with Crippen molar-refractivity contribution < 1.29 is 14.9 Å². The molecule has 3 heterocycles. The van der Waals surface area contributed by atoms with Gasteiger partial charge in [-0.1, -0.05) is 6.07 Å². The monoisotopic (exact) mass is 405 g/mol. The molecule has 4 rings (SSSR count). The molecule has 0 amide bonds. The predicted octanol–water partition coefficient (Wildman–Crippen LogP) is 3.47. The van der Waals surface area contributed by atoms with Gasteiger partial charge in [-0.15, -0.1) is 0 Å². The van der Waals surface area contributed by atoms with Crippen LogP contribution in [0.25, 0.3) is 16.6 Å². The van der Waals surface area contributed by atoms with Crippen LogP contribution in [-0.2, 0) is 5.60 Å². The smallest absolute Gasteiger partial charge is 0.211 e. The number of aromatic nitrogens is 4. The molecule has 8 nitrogen and oxygen atoms in total. The highest BCUT2D eigenvalue weighted by molar-refractivity contribution is 5.83. The van der Waals surface area contributed by atoms with Gasteiger partial charge in [0.2, 0.25) is 5.88 Å². The normalized spacial score (nSPS) is 12.8. The van der Waals surface area contributed by atoms with E-state index < -0.39 is 11.7 Å². The predicted molar refractivity (Wildman–Crippen MR) is 113 cm³/mol. The molecule has 1 aromatic carbocycles. The van der Waals surface area contributed by atoms with Gasteiger partial charge in [-0.05, 0) is 56.7 Å². The lowest BCUT2D eigenvalue weighted by Gasteiger charge is -2.20. The van der Waals surface area contributed by atoms with Crippen molar-refractivity contribution in [3.8, 4) is 17.3 Å². The second kappa shape index (κ2) is 7.31. The Bertz CT molecular complexity index is 1200. The van der Waals surface area contributed by atoms with Crippen LogP contribution in [0.2, 0.25) is 0 Å². The largest absolute Gasteiger partial charge is 0.493 e. The van der Waals surface area contributed by atoms with E-state index in [9.17, 15) is 10.2 Å². The highest BCUT2D eigenvalue weighted by Gasteiger charge is 2.20. The highest BCUT2D eigenvalue weighted by Crippen LogP contribution is 2.33. The summed E-state index contributed by atoms with van der Waals surface area (Å²) in [5.41, 5.74) is 7.80. The Labute approximate surface area is 173 Å². The van der Waals surface area contributed by atoms with Crippen molar-refractivity contribution in [1.82, 2.24) is 19.7 Å². The minimum absolute atomic E-state index is 0.115. The summed E-state index contributed by atoms with van der Waals surface area (Å²) in [6.07, 6.45) is 2.90. The van der Waals surface area contributed by atoms with Crippen LogP contribution in [0.1, 0.15) is 38.1 Å². The van der Waals surface area contributed by atoms with Crippen molar-refractivity contribution >= 4 is 16.7 Å². The van der Waals surface area contributed by atoms with Crippen LogP contribution in [0.4, 0.5) is 5.82 Å². The molecule has 154 valence electrons. The van der Waals surface area contributed by atoms with E-state index in [4.69, 9.17) is 10.5 Å². The van der Waals surface area contributed by atoms with E-state index in [0.717, 1.165) is 10.9 Å². The zero-order chi connectivity index (χ0) is 21.5. The molecule has 0 radical (unpaired) electrons. The molecule has 0 saturated carbocycles. The number of aromatic hydroxyl groups is 1. The zero-order valence-electron chi connectivity index (χ0n) is 16.9. The molecule has 30 heavy (non-hydrogen) atoms. The Balaban J connectivity index is 1.72. The first-order valence-corrected chi connectivity index (χ1v) is 9.52. The van der Waals surface area contributed by atoms with Crippen molar-refractivity contribution in [2.45, 2.75) is 32.5 Å². The summed E-state index contributed by atoms with van der Waals surface area (Å²) < 4.78 is 7.75. The third kappa shape index (κ3) is 3.77. The number of anilines is 1. The molecule has 0 saturated heterocycles. The van der Waals surface area contributed by atoms with Crippen LogP contribution in [0.5, 0.6) is 11.6 Å². The molecule has 0 aliphatic rings. The highest BCUT2D eigenvalue weighted by atomic mass is 16.5. The number of nitrogen functional groups attached to an aromatic ring is 1. The molecule has 1 atom stereocenters. The molecule has 0 aliphatic heterocycles. The summed E-state index contributed by atoms with van der Waals surface area (Å²) in [5.74, 6) is 0.515. The van der Waals surface area contributed by atoms with Gasteiger partial charge in [0.1, 0.15) is 11.8 Å². The van der Waals surface area contributed by atoms with Crippen molar-refractivity contribution in [2.75, 3.05) is 5.73 Å². The van der Waals surface area contributed by atoms with Gasteiger partial charge in [0.15, 0.2) is 11.6 Å². The molecule has 0 aliphatic carbocycles. The lowest BCUT2D eigenvalue weighted by molar-refractivity contribution is 0.0787. The number of rotatable bonds is 5. The van der Waals surface area contributed by atoms with Gasteiger partial charge in [-0.2, -0.15) is 5.10 Å². The van der Waals surface area contributed by atoms with Gasteiger partial charge in [-0.3, -0.25) is 0 Å². The molecule has 0 fully saturated rings. The van der Waals surface area contributed by atoms with Crippen molar-refractivity contribution in [2.24, 2.45) is 0 Å². The quantitative estimate of drug-likeness (QED) is 0.465. The van der Waals surface area contributed by atoms with E-state index >= 15 is 0 Å². The average Bonchev–Trinajstić information content (AvgIpc) is 3.22. The van der Waals surface area contributed by atoms with Gasteiger partial charge < -0.3 is 20.7 Å². The fourth-order valence-corrected chi connectivity index (χ4v) is 3.25. The number of pyridine rings is 2. The molecule has 0 spiro atoms. The first-order valence-electron chi connectivity index (χ1n) is 9.52.